The number of carbonyl (C=O) groups excluding carboxylic acids is 1. The fraction of sp³-hybridized carbons (Fsp3) is 0.917. The fourth-order valence-corrected chi connectivity index (χ4v) is 2.17. The minimum atomic E-state index is -0.0624. The Morgan fingerprint density at radius 2 is 1.93 bits per heavy atom. The third-order valence-electron chi connectivity index (χ3n) is 3.25. The van der Waals surface area contributed by atoms with E-state index in [0.717, 1.165) is 5.92 Å². The van der Waals surface area contributed by atoms with Gasteiger partial charge in [0, 0.05) is 6.42 Å². The van der Waals surface area contributed by atoms with Gasteiger partial charge in [-0.15, -0.1) is 0 Å². The first kappa shape index (κ1) is 14.9. The maximum absolute atomic E-state index is 11.0. The van der Waals surface area contributed by atoms with E-state index >= 15 is 0 Å². The van der Waals surface area contributed by atoms with E-state index in [9.17, 15) is 4.79 Å². The maximum atomic E-state index is 11.0. The third kappa shape index (κ3) is 5.51. The highest BCUT2D eigenvalue weighted by Gasteiger charge is 2.20. The number of ether oxygens (including phenoxy) is 1. The van der Waals surface area contributed by atoms with Gasteiger partial charge >= 0.3 is 5.97 Å². The summed E-state index contributed by atoms with van der Waals surface area (Å²) in [4.78, 5) is 11.0. The van der Waals surface area contributed by atoms with Crippen molar-refractivity contribution in [2.24, 2.45) is 11.8 Å². The van der Waals surface area contributed by atoms with Crippen LogP contribution in [-0.2, 0) is 9.53 Å². The Hall–Kier alpha value is -0.100. The Balaban J connectivity index is 0.00000196. The molecule has 2 nitrogen and oxygen atoms in total. The van der Waals surface area contributed by atoms with Gasteiger partial charge in [-0.1, -0.05) is 46.0 Å². The lowest BCUT2D eigenvalue weighted by atomic mass is 9.81. The Labute approximate surface area is 96.8 Å². The van der Waals surface area contributed by atoms with Gasteiger partial charge in [0.05, 0.1) is 6.61 Å². The van der Waals surface area contributed by atoms with Crippen molar-refractivity contribution in [1.29, 1.82) is 0 Å². The zero-order chi connectivity index (χ0) is 10.4. The second-order valence-corrected chi connectivity index (χ2v) is 4.41. The van der Waals surface area contributed by atoms with Crippen molar-refractivity contribution in [2.75, 3.05) is 6.61 Å². The zero-order valence-electron chi connectivity index (χ0n) is 10.1. The predicted molar refractivity (Wildman–Crippen MR) is 68.1 cm³/mol. The minimum absolute atomic E-state index is 0. The van der Waals surface area contributed by atoms with Crippen molar-refractivity contribution in [2.45, 2.75) is 52.4 Å². The first-order valence-corrected chi connectivity index (χ1v) is 5.89. The van der Waals surface area contributed by atoms with Gasteiger partial charge in [0.1, 0.15) is 0 Å². The highest BCUT2D eigenvalue weighted by atomic mass is 31.0. The van der Waals surface area contributed by atoms with E-state index in [-0.39, 0.29) is 15.9 Å². The summed E-state index contributed by atoms with van der Waals surface area (Å²) >= 11 is 0. The highest BCUT2D eigenvalue weighted by Crippen LogP contribution is 2.29. The molecule has 90 valence electrons. The van der Waals surface area contributed by atoms with Gasteiger partial charge in [0.2, 0.25) is 0 Å². The van der Waals surface area contributed by atoms with Crippen LogP contribution in [-0.4, -0.2) is 12.6 Å². The molecule has 3 heteroatoms. The van der Waals surface area contributed by atoms with Crippen molar-refractivity contribution in [1.82, 2.24) is 0 Å². The summed E-state index contributed by atoms with van der Waals surface area (Å²) in [5.41, 5.74) is 0. The molecule has 0 aromatic carbocycles. The maximum Gasteiger partial charge on any atom is 0.305 e. The van der Waals surface area contributed by atoms with Crippen molar-refractivity contribution in [3.05, 3.63) is 0 Å². The molecule has 0 aromatic heterocycles. The molecule has 0 heterocycles. The van der Waals surface area contributed by atoms with Gasteiger partial charge in [-0.05, 0) is 11.8 Å². The number of rotatable bonds is 4. The molecule has 1 aliphatic rings. The first-order chi connectivity index (χ1) is 6.74. The van der Waals surface area contributed by atoms with Crippen LogP contribution in [0.25, 0.3) is 0 Å². The summed E-state index contributed by atoms with van der Waals surface area (Å²) in [7, 11) is 0. The van der Waals surface area contributed by atoms with E-state index in [1.54, 1.807) is 0 Å². The molecule has 0 aliphatic heterocycles. The van der Waals surface area contributed by atoms with Crippen LogP contribution in [0.3, 0.4) is 0 Å². The summed E-state index contributed by atoms with van der Waals surface area (Å²) in [5.74, 6) is 1.27. The van der Waals surface area contributed by atoms with E-state index in [4.69, 9.17) is 4.74 Å². The number of esters is 1. The second kappa shape index (κ2) is 8.10. The van der Waals surface area contributed by atoms with Crippen LogP contribution in [0.4, 0.5) is 0 Å². The van der Waals surface area contributed by atoms with Crippen LogP contribution in [0.2, 0.25) is 0 Å². The Morgan fingerprint density at radius 3 is 2.47 bits per heavy atom. The Kier molecular flexibility index (Phi) is 8.04. The van der Waals surface area contributed by atoms with E-state index in [0.29, 0.717) is 18.9 Å². The molecule has 2 atom stereocenters. The topological polar surface area (TPSA) is 26.3 Å². The first-order valence-electron chi connectivity index (χ1n) is 5.89. The minimum Gasteiger partial charge on any atom is -0.465 e. The summed E-state index contributed by atoms with van der Waals surface area (Å²) in [6.07, 6.45) is 7.25. The summed E-state index contributed by atoms with van der Waals surface area (Å²) < 4.78 is 5.17. The standard InChI is InChI=1S/C12H22O2.H3P/c1-3-12(13)14-9-10(2)11-7-5-4-6-8-11;/h10-11H,3-9H2,1-2H3;1H3. The average Bonchev–Trinajstić information content (AvgIpc) is 2.26. The SMILES string of the molecule is CCC(=O)OCC(C)C1CCCCC1.P. The van der Waals surface area contributed by atoms with Crippen molar-refractivity contribution in [3.63, 3.8) is 0 Å². The largest absolute Gasteiger partial charge is 0.465 e. The third-order valence-corrected chi connectivity index (χ3v) is 3.25. The molecule has 1 fully saturated rings. The van der Waals surface area contributed by atoms with Crippen LogP contribution in [0.1, 0.15) is 52.4 Å². The molecule has 0 aromatic rings. The number of carbonyl (C=O) groups is 1. The van der Waals surface area contributed by atoms with Crippen molar-refractivity contribution >= 4 is 15.9 Å². The molecule has 0 saturated heterocycles. The summed E-state index contributed by atoms with van der Waals surface area (Å²) in [6, 6.07) is 0. The van der Waals surface area contributed by atoms with Gasteiger partial charge in [0.25, 0.3) is 0 Å². The van der Waals surface area contributed by atoms with Crippen LogP contribution in [0, 0.1) is 11.8 Å². The molecule has 2 unspecified atom stereocenters. The molecule has 15 heavy (non-hydrogen) atoms. The molecule has 0 spiro atoms. The van der Waals surface area contributed by atoms with Crippen molar-refractivity contribution < 1.29 is 9.53 Å². The predicted octanol–water partition coefficient (Wildman–Crippen LogP) is 3.21. The lowest BCUT2D eigenvalue weighted by molar-refractivity contribution is -0.145. The summed E-state index contributed by atoms with van der Waals surface area (Å²) in [5, 5.41) is 0. The van der Waals surface area contributed by atoms with Gasteiger partial charge in [-0.3, -0.25) is 4.79 Å². The number of hydrogen-bond donors (Lipinski definition) is 0. The quantitative estimate of drug-likeness (QED) is 0.549. The monoisotopic (exact) mass is 232 g/mol. The molecular weight excluding hydrogens is 207 g/mol. The van der Waals surface area contributed by atoms with Gasteiger partial charge < -0.3 is 4.74 Å². The molecule has 1 rings (SSSR count). The van der Waals surface area contributed by atoms with Crippen LogP contribution in [0.5, 0.6) is 0 Å². The Morgan fingerprint density at radius 1 is 1.33 bits per heavy atom. The zero-order valence-corrected chi connectivity index (χ0v) is 11.5. The average molecular weight is 232 g/mol. The van der Waals surface area contributed by atoms with Gasteiger partial charge in [-0.25, -0.2) is 0 Å². The van der Waals surface area contributed by atoms with Crippen LogP contribution < -0.4 is 0 Å². The number of hydrogen-bond acceptors (Lipinski definition) is 2. The van der Waals surface area contributed by atoms with Gasteiger partial charge in [-0.2, -0.15) is 9.90 Å². The van der Waals surface area contributed by atoms with Crippen LogP contribution in [0.15, 0.2) is 0 Å². The van der Waals surface area contributed by atoms with E-state index in [1.807, 2.05) is 6.92 Å². The van der Waals surface area contributed by atoms with Crippen LogP contribution >= 0.6 is 9.90 Å². The lowest BCUT2D eigenvalue weighted by Crippen LogP contribution is -2.21. The Bertz CT molecular complexity index is 176. The van der Waals surface area contributed by atoms with E-state index < -0.39 is 0 Å². The van der Waals surface area contributed by atoms with E-state index in [2.05, 4.69) is 6.92 Å². The molecule has 0 bridgehead atoms. The second-order valence-electron chi connectivity index (χ2n) is 4.41. The molecule has 0 N–H and O–H groups in total. The molecule has 1 aliphatic carbocycles. The highest BCUT2D eigenvalue weighted by molar-refractivity contribution is 6.92. The normalized spacial score (nSPS) is 19.1. The molecule has 1 saturated carbocycles. The van der Waals surface area contributed by atoms with Gasteiger partial charge in [0.15, 0.2) is 0 Å². The fourth-order valence-electron chi connectivity index (χ4n) is 2.17. The smallest absolute Gasteiger partial charge is 0.305 e. The summed E-state index contributed by atoms with van der Waals surface area (Å²) in [6.45, 7) is 4.67. The molecule has 0 radical (unpaired) electrons. The molecular formula is C12H25O2P. The van der Waals surface area contributed by atoms with E-state index in [1.165, 1.54) is 32.1 Å². The van der Waals surface area contributed by atoms with Crippen molar-refractivity contribution in [3.8, 4) is 0 Å². The lowest BCUT2D eigenvalue weighted by Gasteiger charge is -2.27. The molecule has 0 amide bonds.